The van der Waals surface area contributed by atoms with Crippen molar-refractivity contribution in [2.45, 2.75) is 6.92 Å². The van der Waals surface area contributed by atoms with Crippen molar-refractivity contribution in [1.29, 1.82) is 0 Å². The van der Waals surface area contributed by atoms with Crippen molar-refractivity contribution >= 4 is 34.7 Å². The number of Topliss-reactive ketones (excluding diaryl/α,β-unsaturated/α-hetero) is 1. The Hall–Kier alpha value is -3.24. The van der Waals surface area contributed by atoms with Gasteiger partial charge in [0, 0.05) is 13.0 Å². The molecule has 1 aliphatic rings. The van der Waals surface area contributed by atoms with Crippen LogP contribution in [0, 0.1) is 21.7 Å². The van der Waals surface area contributed by atoms with E-state index in [1.807, 2.05) is 5.32 Å². The number of carbonyl (C=O) groups excluding carboxylic acids is 3. The van der Waals surface area contributed by atoms with Gasteiger partial charge >= 0.3 is 11.7 Å². The lowest BCUT2D eigenvalue weighted by Crippen LogP contribution is -2.37. The molecule has 0 saturated carbocycles. The predicted molar refractivity (Wildman–Crippen MR) is 65.2 cm³/mol. The number of nitro benzene ring substituents is 1. The first kappa shape index (κ1) is 15.2. The van der Waals surface area contributed by atoms with Crippen molar-refractivity contribution in [3.05, 3.63) is 33.4 Å². The number of rotatable bonds is 2. The van der Waals surface area contributed by atoms with Gasteiger partial charge in [0.1, 0.15) is 0 Å². The molecule has 0 saturated heterocycles. The molecule has 1 N–H and O–H groups in total. The maximum Gasteiger partial charge on any atom is 0.341 e. The fraction of sp³-hybridized carbons (Fsp3) is 0.0909. The molecule has 1 heterocycles. The maximum atomic E-state index is 14.0. The Morgan fingerprint density at radius 1 is 1.41 bits per heavy atom. The number of hydrogen-bond donors (Lipinski definition) is 1. The van der Waals surface area contributed by atoms with Gasteiger partial charge in [0.25, 0.3) is 5.91 Å². The first-order valence-electron chi connectivity index (χ1n) is 5.52. The van der Waals surface area contributed by atoms with Gasteiger partial charge in [-0.15, -0.1) is 0 Å². The Balaban J connectivity index is 2.64. The summed E-state index contributed by atoms with van der Waals surface area (Å²) in [6, 6.07) is 0.439. The topological polar surface area (TPSA) is 128 Å². The van der Waals surface area contributed by atoms with Crippen molar-refractivity contribution in [3.63, 3.8) is 0 Å². The highest BCUT2D eigenvalue weighted by atomic mass is 19.1. The minimum atomic E-state index is -1.76. The Morgan fingerprint density at radius 3 is 2.59 bits per heavy atom. The number of nitrogens with zero attached hydrogens (tertiary/aromatic N) is 2. The van der Waals surface area contributed by atoms with Crippen LogP contribution in [0.15, 0.2) is 11.2 Å². The van der Waals surface area contributed by atoms with E-state index in [0.29, 0.717) is 6.07 Å². The second kappa shape index (κ2) is 5.27. The monoisotopic (exact) mass is 313 g/mol. The van der Waals surface area contributed by atoms with Crippen LogP contribution in [0.2, 0.25) is 0 Å². The molecule has 9 nitrogen and oxygen atoms in total. The summed E-state index contributed by atoms with van der Waals surface area (Å²) in [6.45, 7) is 0.935. The van der Waals surface area contributed by atoms with Gasteiger partial charge in [0.2, 0.25) is 23.1 Å². The van der Waals surface area contributed by atoms with Gasteiger partial charge in [0.15, 0.2) is 0 Å². The molecule has 1 amide bonds. The van der Waals surface area contributed by atoms with Crippen molar-refractivity contribution in [2.24, 2.45) is 5.16 Å². The molecule has 0 spiro atoms. The van der Waals surface area contributed by atoms with Crippen LogP contribution in [0.3, 0.4) is 0 Å². The van der Waals surface area contributed by atoms with Crippen LogP contribution in [0.5, 0.6) is 0 Å². The molecule has 11 heteroatoms. The number of hydrogen-bond acceptors (Lipinski definition) is 7. The van der Waals surface area contributed by atoms with E-state index in [1.165, 1.54) is 0 Å². The van der Waals surface area contributed by atoms with Crippen LogP contribution in [0.25, 0.3) is 0 Å². The summed E-state index contributed by atoms with van der Waals surface area (Å²) in [5.74, 6) is -6.83. The third-order valence-corrected chi connectivity index (χ3v) is 2.55. The summed E-state index contributed by atoms with van der Waals surface area (Å²) in [7, 11) is 0. The maximum absolute atomic E-state index is 14.0. The van der Waals surface area contributed by atoms with Crippen molar-refractivity contribution in [3.8, 4) is 0 Å². The van der Waals surface area contributed by atoms with Crippen molar-refractivity contribution < 1.29 is 32.9 Å². The third-order valence-electron chi connectivity index (χ3n) is 2.55. The number of carbonyl (C=O) groups is 3. The molecule has 0 bridgehead atoms. The molecule has 22 heavy (non-hydrogen) atoms. The molecule has 1 aromatic carbocycles. The SMILES string of the molecule is CC(=O)ON=C1C(=O)Nc2cc(F)c([N+](=O)[O-])c(F)c2C1=O. The lowest BCUT2D eigenvalue weighted by atomic mass is 9.98. The van der Waals surface area contributed by atoms with Gasteiger partial charge in [-0.2, -0.15) is 8.78 Å². The molecular weight excluding hydrogens is 308 g/mol. The van der Waals surface area contributed by atoms with Crippen LogP contribution < -0.4 is 5.32 Å². The largest absolute Gasteiger partial charge is 0.341 e. The van der Waals surface area contributed by atoms with Crippen LogP contribution in [-0.2, 0) is 14.4 Å². The van der Waals surface area contributed by atoms with Crippen molar-refractivity contribution in [2.75, 3.05) is 5.32 Å². The number of nitro groups is 1. The van der Waals surface area contributed by atoms with E-state index in [1.54, 1.807) is 0 Å². The third kappa shape index (κ3) is 2.39. The quantitative estimate of drug-likeness (QED) is 0.491. The number of anilines is 1. The fourth-order valence-electron chi connectivity index (χ4n) is 1.69. The predicted octanol–water partition coefficient (Wildman–Crippen LogP) is 0.927. The molecule has 1 aliphatic heterocycles. The van der Waals surface area contributed by atoms with E-state index in [9.17, 15) is 33.3 Å². The summed E-state index contributed by atoms with van der Waals surface area (Å²) in [5, 5.41) is 15.5. The molecular formula is C11H5F2N3O6. The number of halogens is 2. The van der Waals surface area contributed by atoms with Crippen LogP contribution in [0.4, 0.5) is 20.2 Å². The van der Waals surface area contributed by atoms with Gasteiger partial charge in [0.05, 0.1) is 16.2 Å². The minimum Gasteiger partial charge on any atom is -0.319 e. The zero-order chi connectivity index (χ0) is 16.6. The van der Waals surface area contributed by atoms with E-state index < -0.39 is 56.9 Å². The van der Waals surface area contributed by atoms with Gasteiger partial charge in [-0.1, -0.05) is 5.16 Å². The Bertz CT molecular complexity index is 774. The molecule has 1 aromatic rings. The lowest BCUT2D eigenvalue weighted by Gasteiger charge is -2.17. The van der Waals surface area contributed by atoms with Gasteiger partial charge in [-0.3, -0.25) is 19.7 Å². The van der Waals surface area contributed by atoms with E-state index in [4.69, 9.17) is 0 Å². The number of ketones is 1. The average Bonchev–Trinajstić information content (AvgIpc) is 2.36. The number of amides is 1. The Labute approximate surface area is 119 Å². The molecule has 0 atom stereocenters. The second-order valence-corrected chi connectivity index (χ2v) is 4.01. The number of nitrogens with one attached hydrogen (secondary N) is 1. The van der Waals surface area contributed by atoms with E-state index in [2.05, 4.69) is 9.99 Å². The Kier molecular flexibility index (Phi) is 3.63. The summed E-state index contributed by atoms with van der Waals surface area (Å²) in [6.07, 6.45) is 0. The lowest BCUT2D eigenvalue weighted by molar-refractivity contribution is -0.390. The summed E-state index contributed by atoms with van der Waals surface area (Å²) in [5.41, 5.74) is -4.08. The smallest absolute Gasteiger partial charge is 0.319 e. The number of oxime groups is 1. The molecule has 0 aromatic heterocycles. The van der Waals surface area contributed by atoms with E-state index in [0.717, 1.165) is 6.92 Å². The van der Waals surface area contributed by atoms with Crippen molar-refractivity contribution in [1.82, 2.24) is 0 Å². The first-order chi connectivity index (χ1) is 10.2. The minimum absolute atomic E-state index is 0.439. The van der Waals surface area contributed by atoms with E-state index in [-0.39, 0.29) is 0 Å². The molecule has 0 fully saturated rings. The van der Waals surface area contributed by atoms with Gasteiger partial charge < -0.3 is 10.2 Å². The zero-order valence-corrected chi connectivity index (χ0v) is 10.7. The molecule has 2 rings (SSSR count). The van der Waals surface area contributed by atoms with E-state index >= 15 is 0 Å². The van der Waals surface area contributed by atoms with Crippen LogP contribution in [0.1, 0.15) is 17.3 Å². The summed E-state index contributed by atoms with van der Waals surface area (Å²) >= 11 is 0. The molecule has 0 unspecified atom stereocenters. The Morgan fingerprint density at radius 2 is 2.05 bits per heavy atom. The summed E-state index contributed by atoms with van der Waals surface area (Å²) in [4.78, 5) is 47.6. The first-order valence-corrected chi connectivity index (χ1v) is 5.52. The average molecular weight is 313 g/mol. The standard InChI is InChI=1S/C11H5F2N3O6/c1-3(17)22-15-8-10(18)6-5(14-11(8)19)2-4(12)9(7(6)13)16(20)21/h2H,1H3,(H,14,19). The highest BCUT2D eigenvalue weighted by molar-refractivity contribution is 6.72. The van der Waals surface area contributed by atoms with Gasteiger partial charge in [-0.25, -0.2) is 4.79 Å². The summed E-state index contributed by atoms with van der Waals surface area (Å²) < 4.78 is 27.4. The normalized spacial score (nSPS) is 15.3. The number of benzene rings is 1. The highest BCUT2D eigenvalue weighted by Crippen LogP contribution is 2.33. The fourth-order valence-corrected chi connectivity index (χ4v) is 1.69. The van der Waals surface area contributed by atoms with Gasteiger partial charge in [-0.05, 0) is 0 Å². The second-order valence-electron chi connectivity index (χ2n) is 4.01. The van der Waals surface area contributed by atoms with Crippen LogP contribution in [-0.4, -0.2) is 28.3 Å². The zero-order valence-electron chi connectivity index (χ0n) is 10.7. The molecule has 0 aliphatic carbocycles. The molecule has 0 radical (unpaired) electrons. The number of fused-ring (bicyclic) bond motifs is 1. The molecule has 114 valence electrons. The van der Waals surface area contributed by atoms with Crippen LogP contribution >= 0.6 is 0 Å². The highest BCUT2D eigenvalue weighted by Gasteiger charge is 2.39.